The summed E-state index contributed by atoms with van der Waals surface area (Å²) in [6.07, 6.45) is 0. The number of ether oxygens (including phenoxy) is 2. The topological polar surface area (TPSA) is 56.5 Å². The Morgan fingerprint density at radius 1 is 1.17 bits per heavy atom. The Morgan fingerprint density at radius 2 is 1.78 bits per heavy atom. The summed E-state index contributed by atoms with van der Waals surface area (Å²) in [7, 11) is 3.38. The molecule has 0 heterocycles. The average molecular weight is 252 g/mol. The Morgan fingerprint density at radius 3 is 2.28 bits per heavy atom. The summed E-state index contributed by atoms with van der Waals surface area (Å²) < 4.78 is 10.9. The Labute approximate surface area is 109 Å². The molecule has 1 aromatic rings. The Kier molecular flexibility index (Phi) is 4.99. The lowest BCUT2D eigenvalue weighted by Gasteiger charge is -2.28. The fourth-order valence-corrected chi connectivity index (χ4v) is 2.06. The molecule has 0 radical (unpaired) electrons. The number of hydrogen-bond donors (Lipinski definition) is 2. The predicted molar refractivity (Wildman–Crippen MR) is 74.4 cm³/mol. The molecule has 0 bridgehead atoms. The molecule has 4 heteroatoms. The van der Waals surface area contributed by atoms with E-state index in [0.29, 0.717) is 6.67 Å². The number of rotatable bonds is 6. The first-order valence-corrected chi connectivity index (χ1v) is 6.10. The summed E-state index contributed by atoms with van der Waals surface area (Å²) in [4.78, 5) is 0. The van der Waals surface area contributed by atoms with Gasteiger partial charge in [-0.3, -0.25) is 0 Å². The lowest BCUT2D eigenvalue weighted by molar-refractivity contribution is 0.376. The van der Waals surface area contributed by atoms with E-state index in [1.165, 1.54) is 0 Å². The Bertz CT molecular complexity index is 403. The van der Waals surface area contributed by atoms with Crippen molar-refractivity contribution in [3.05, 3.63) is 23.3 Å². The number of aryl methyl sites for hydroxylation is 1. The summed E-state index contributed by atoms with van der Waals surface area (Å²) >= 11 is 0. The first-order valence-electron chi connectivity index (χ1n) is 6.10. The normalized spacial score (nSPS) is 11.4. The van der Waals surface area contributed by atoms with Crippen molar-refractivity contribution in [1.82, 2.24) is 5.32 Å². The monoisotopic (exact) mass is 252 g/mol. The van der Waals surface area contributed by atoms with Crippen molar-refractivity contribution in [2.75, 3.05) is 27.4 Å². The van der Waals surface area contributed by atoms with Crippen LogP contribution in [-0.4, -0.2) is 27.4 Å². The molecular formula is C14H24N2O2. The van der Waals surface area contributed by atoms with Crippen LogP contribution in [0.1, 0.15) is 25.0 Å². The fourth-order valence-electron chi connectivity index (χ4n) is 2.06. The SMILES string of the molecule is COc1cc(C(C)(C)CNCN)c(OC)cc1C. The minimum absolute atomic E-state index is 0.0777. The quantitative estimate of drug-likeness (QED) is 0.758. The van der Waals surface area contributed by atoms with Crippen molar-refractivity contribution in [2.24, 2.45) is 5.73 Å². The lowest BCUT2D eigenvalue weighted by atomic mass is 9.83. The summed E-state index contributed by atoms with van der Waals surface area (Å²) in [5.74, 6) is 1.77. The molecule has 0 aliphatic rings. The van der Waals surface area contributed by atoms with Crippen LogP contribution in [0.5, 0.6) is 11.5 Å². The number of benzene rings is 1. The summed E-state index contributed by atoms with van der Waals surface area (Å²) in [6, 6.07) is 4.06. The van der Waals surface area contributed by atoms with E-state index < -0.39 is 0 Å². The smallest absolute Gasteiger partial charge is 0.123 e. The zero-order valence-electron chi connectivity index (χ0n) is 12.0. The number of nitrogens with one attached hydrogen (secondary N) is 1. The number of methoxy groups -OCH3 is 2. The van der Waals surface area contributed by atoms with E-state index in [9.17, 15) is 0 Å². The Balaban J connectivity index is 3.20. The maximum Gasteiger partial charge on any atom is 0.123 e. The third kappa shape index (κ3) is 3.15. The zero-order valence-corrected chi connectivity index (χ0v) is 12.0. The molecule has 18 heavy (non-hydrogen) atoms. The average Bonchev–Trinajstić information content (AvgIpc) is 2.35. The second-order valence-electron chi connectivity index (χ2n) is 5.04. The summed E-state index contributed by atoms with van der Waals surface area (Å²) in [5, 5.41) is 3.17. The molecule has 1 aromatic carbocycles. The van der Waals surface area contributed by atoms with E-state index >= 15 is 0 Å². The van der Waals surface area contributed by atoms with Gasteiger partial charge in [-0.1, -0.05) is 13.8 Å². The van der Waals surface area contributed by atoms with Gasteiger partial charge in [-0.25, -0.2) is 0 Å². The van der Waals surface area contributed by atoms with Crippen LogP contribution in [0.15, 0.2) is 12.1 Å². The minimum Gasteiger partial charge on any atom is -0.496 e. The predicted octanol–water partition coefficient (Wildman–Crippen LogP) is 1.80. The Hall–Kier alpha value is -1.26. The van der Waals surface area contributed by atoms with E-state index in [4.69, 9.17) is 15.2 Å². The second-order valence-corrected chi connectivity index (χ2v) is 5.04. The van der Waals surface area contributed by atoms with Gasteiger partial charge in [0.15, 0.2) is 0 Å². The highest BCUT2D eigenvalue weighted by atomic mass is 16.5. The van der Waals surface area contributed by atoms with Crippen molar-refractivity contribution in [3.63, 3.8) is 0 Å². The van der Waals surface area contributed by atoms with Crippen LogP contribution >= 0.6 is 0 Å². The van der Waals surface area contributed by atoms with Crippen LogP contribution in [0.2, 0.25) is 0 Å². The molecule has 1 rings (SSSR count). The van der Waals surface area contributed by atoms with Gasteiger partial charge in [-0.05, 0) is 24.6 Å². The molecule has 0 unspecified atom stereocenters. The van der Waals surface area contributed by atoms with Gasteiger partial charge >= 0.3 is 0 Å². The number of nitrogens with two attached hydrogens (primary N) is 1. The maximum atomic E-state index is 5.50. The van der Waals surface area contributed by atoms with Crippen molar-refractivity contribution in [1.29, 1.82) is 0 Å². The van der Waals surface area contributed by atoms with Gasteiger partial charge in [0.05, 0.1) is 14.2 Å². The molecular weight excluding hydrogens is 228 g/mol. The fraction of sp³-hybridized carbons (Fsp3) is 0.571. The molecule has 102 valence electrons. The van der Waals surface area contributed by atoms with Crippen LogP contribution in [0, 0.1) is 6.92 Å². The van der Waals surface area contributed by atoms with Gasteiger partial charge in [0, 0.05) is 24.2 Å². The van der Waals surface area contributed by atoms with Gasteiger partial charge in [0.2, 0.25) is 0 Å². The molecule has 3 N–H and O–H groups in total. The van der Waals surface area contributed by atoms with Gasteiger partial charge in [0.1, 0.15) is 11.5 Å². The van der Waals surface area contributed by atoms with Crippen molar-refractivity contribution in [2.45, 2.75) is 26.2 Å². The first kappa shape index (κ1) is 14.8. The third-order valence-corrected chi connectivity index (χ3v) is 3.16. The van der Waals surface area contributed by atoms with Crippen molar-refractivity contribution < 1.29 is 9.47 Å². The summed E-state index contributed by atoms with van der Waals surface area (Å²) in [5.41, 5.74) is 7.61. The molecule has 0 aliphatic carbocycles. The van der Waals surface area contributed by atoms with E-state index in [1.54, 1.807) is 14.2 Å². The van der Waals surface area contributed by atoms with Crippen LogP contribution < -0.4 is 20.5 Å². The molecule has 4 nitrogen and oxygen atoms in total. The minimum atomic E-state index is -0.0777. The molecule has 0 saturated heterocycles. The van der Waals surface area contributed by atoms with Crippen molar-refractivity contribution in [3.8, 4) is 11.5 Å². The van der Waals surface area contributed by atoms with Gasteiger partial charge < -0.3 is 20.5 Å². The molecule has 0 aliphatic heterocycles. The molecule has 0 fully saturated rings. The van der Waals surface area contributed by atoms with Crippen LogP contribution in [-0.2, 0) is 5.41 Å². The van der Waals surface area contributed by atoms with E-state index in [1.807, 2.05) is 19.1 Å². The zero-order chi connectivity index (χ0) is 13.8. The van der Waals surface area contributed by atoms with Crippen LogP contribution in [0.3, 0.4) is 0 Å². The van der Waals surface area contributed by atoms with Crippen molar-refractivity contribution >= 4 is 0 Å². The van der Waals surface area contributed by atoms with E-state index in [0.717, 1.165) is 29.2 Å². The molecule has 0 atom stereocenters. The van der Waals surface area contributed by atoms with E-state index in [2.05, 4.69) is 19.2 Å². The van der Waals surface area contributed by atoms with Gasteiger partial charge in [0.25, 0.3) is 0 Å². The highest BCUT2D eigenvalue weighted by Crippen LogP contribution is 2.36. The highest BCUT2D eigenvalue weighted by molar-refractivity contribution is 5.49. The lowest BCUT2D eigenvalue weighted by Crippen LogP contribution is -2.36. The third-order valence-electron chi connectivity index (χ3n) is 3.16. The summed E-state index contributed by atoms with van der Waals surface area (Å²) in [6.45, 7) is 7.57. The largest absolute Gasteiger partial charge is 0.496 e. The van der Waals surface area contributed by atoms with Gasteiger partial charge in [-0.15, -0.1) is 0 Å². The van der Waals surface area contributed by atoms with Gasteiger partial charge in [-0.2, -0.15) is 0 Å². The van der Waals surface area contributed by atoms with E-state index in [-0.39, 0.29) is 5.41 Å². The molecule has 0 saturated carbocycles. The maximum absolute atomic E-state index is 5.50. The van der Waals surface area contributed by atoms with Crippen LogP contribution in [0.4, 0.5) is 0 Å². The molecule has 0 aromatic heterocycles. The first-order chi connectivity index (χ1) is 8.46. The van der Waals surface area contributed by atoms with Crippen LogP contribution in [0.25, 0.3) is 0 Å². The second kappa shape index (κ2) is 6.07. The highest BCUT2D eigenvalue weighted by Gasteiger charge is 2.25. The number of hydrogen-bond acceptors (Lipinski definition) is 4. The molecule has 0 amide bonds. The molecule has 0 spiro atoms. The standard InChI is InChI=1S/C14H24N2O2/c1-10-6-13(18-5)11(7-12(10)17-4)14(2,3)8-16-9-15/h6-7,16H,8-9,15H2,1-5H3.